The largest absolute Gasteiger partial charge is 0.344 e. The van der Waals surface area contributed by atoms with E-state index in [1.165, 1.54) is 11.5 Å². The fourth-order valence-corrected chi connectivity index (χ4v) is 2.75. The summed E-state index contributed by atoms with van der Waals surface area (Å²) in [5.41, 5.74) is 1.61. The lowest BCUT2D eigenvalue weighted by molar-refractivity contribution is 0.588. The van der Waals surface area contributed by atoms with E-state index in [9.17, 15) is 0 Å². The van der Waals surface area contributed by atoms with Crippen molar-refractivity contribution in [2.75, 3.05) is 31.1 Å². The number of piperazine rings is 1. The first-order valence-electron chi connectivity index (χ1n) is 6.17. The minimum atomic E-state index is 0.654. The Hall–Kier alpha value is -1.97. The summed E-state index contributed by atoms with van der Waals surface area (Å²) >= 11 is 1.43. The van der Waals surface area contributed by atoms with Crippen molar-refractivity contribution in [3.05, 3.63) is 29.8 Å². The molecule has 2 aromatic rings. The summed E-state index contributed by atoms with van der Waals surface area (Å²) in [6.45, 7) is 3.93. The Bertz CT molecular complexity index is 592. The molecular weight excluding hydrogens is 258 g/mol. The van der Waals surface area contributed by atoms with Crippen molar-refractivity contribution in [2.45, 2.75) is 0 Å². The zero-order valence-electron chi connectivity index (χ0n) is 10.3. The Labute approximate surface area is 115 Å². The number of benzene rings is 1. The quantitative estimate of drug-likeness (QED) is 0.896. The van der Waals surface area contributed by atoms with Crippen LogP contribution >= 0.6 is 11.5 Å². The third-order valence-electron chi connectivity index (χ3n) is 3.08. The summed E-state index contributed by atoms with van der Waals surface area (Å²) in [4.78, 5) is 6.83. The van der Waals surface area contributed by atoms with Crippen molar-refractivity contribution in [1.82, 2.24) is 14.7 Å². The van der Waals surface area contributed by atoms with Gasteiger partial charge in [0.25, 0.3) is 0 Å². The van der Waals surface area contributed by atoms with Crippen LogP contribution in [0.1, 0.15) is 5.56 Å². The molecular formula is C13H13N5S. The maximum atomic E-state index is 8.78. The number of anilines is 1. The Morgan fingerprint density at radius 2 is 1.95 bits per heavy atom. The van der Waals surface area contributed by atoms with E-state index in [4.69, 9.17) is 5.26 Å². The van der Waals surface area contributed by atoms with Gasteiger partial charge in [-0.25, -0.2) is 0 Å². The number of rotatable bonds is 2. The zero-order chi connectivity index (χ0) is 13.1. The van der Waals surface area contributed by atoms with E-state index in [1.807, 2.05) is 12.1 Å². The van der Waals surface area contributed by atoms with Crippen LogP contribution in [0.2, 0.25) is 0 Å². The van der Waals surface area contributed by atoms with E-state index in [2.05, 4.69) is 25.6 Å². The molecule has 3 rings (SSSR count). The minimum Gasteiger partial charge on any atom is -0.344 e. The van der Waals surface area contributed by atoms with Crippen LogP contribution in [0.25, 0.3) is 11.4 Å². The van der Waals surface area contributed by atoms with Crippen LogP contribution in [0.15, 0.2) is 24.3 Å². The molecule has 0 unspecified atom stereocenters. The summed E-state index contributed by atoms with van der Waals surface area (Å²) in [6, 6.07) is 9.48. The van der Waals surface area contributed by atoms with Gasteiger partial charge in [0.1, 0.15) is 0 Å². The van der Waals surface area contributed by atoms with Gasteiger partial charge in [0.05, 0.1) is 11.6 Å². The normalized spacial score (nSPS) is 15.2. The van der Waals surface area contributed by atoms with Gasteiger partial charge in [0, 0.05) is 43.3 Å². The maximum absolute atomic E-state index is 8.78. The summed E-state index contributed by atoms with van der Waals surface area (Å²) in [5.74, 6) is 0.739. The molecule has 1 aromatic heterocycles. The Morgan fingerprint density at radius 1 is 1.21 bits per heavy atom. The highest BCUT2D eigenvalue weighted by Crippen LogP contribution is 2.24. The van der Waals surface area contributed by atoms with Gasteiger partial charge in [-0.3, -0.25) is 0 Å². The molecule has 0 radical (unpaired) electrons. The molecule has 19 heavy (non-hydrogen) atoms. The SMILES string of the molecule is N#Cc1ccc(-c2nsc(N3CCNCC3)n2)cc1. The predicted molar refractivity (Wildman–Crippen MR) is 75.1 cm³/mol. The molecule has 1 fully saturated rings. The molecule has 0 bridgehead atoms. The first kappa shape index (κ1) is 12.1. The highest BCUT2D eigenvalue weighted by atomic mass is 32.1. The number of nitrogens with one attached hydrogen (secondary N) is 1. The molecule has 0 spiro atoms. The van der Waals surface area contributed by atoms with Crippen molar-refractivity contribution in [3.8, 4) is 17.5 Å². The molecule has 6 heteroatoms. The fraction of sp³-hybridized carbons (Fsp3) is 0.308. The smallest absolute Gasteiger partial charge is 0.205 e. The molecule has 96 valence electrons. The summed E-state index contributed by atoms with van der Waals surface area (Å²) < 4.78 is 4.40. The molecule has 1 saturated heterocycles. The second-order valence-electron chi connectivity index (χ2n) is 4.33. The number of aromatic nitrogens is 2. The van der Waals surface area contributed by atoms with Crippen LogP contribution < -0.4 is 10.2 Å². The fourth-order valence-electron chi connectivity index (χ4n) is 2.01. The molecule has 0 saturated carbocycles. The van der Waals surface area contributed by atoms with Gasteiger partial charge in [0.15, 0.2) is 5.82 Å². The second-order valence-corrected chi connectivity index (χ2v) is 5.06. The maximum Gasteiger partial charge on any atom is 0.205 e. The second kappa shape index (κ2) is 5.34. The third kappa shape index (κ3) is 2.57. The van der Waals surface area contributed by atoms with E-state index in [1.54, 1.807) is 12.1 Å². The van der Waals surface area contributed by atoms with Gasteiger partial charge in [-0.15, -0.1) is 0 Å². The average molecular weight is 271 g/mol. The van der Waals surface area contributed by atoms with Crippen LogP contribution in [-0.2, 0) is 0 Å². The van der Waals surface area contributed by atoms with Crippen LogP contribution in [0, 0.1) is 11.3 Å². The van der Waals surface area contributed by atoms with E-state index in [-0.39, 0.29) is 0 Å². The molecule has 2 heterocycles. The predicted octanol–water partition coefficient (Wildman–Crippen LogP) is 1.49. The van der Waals surface area contributed by atoms with Gasteiger partial charge in [0.2, 0.25) is 5.13 Å². The summed E-state index contributed by atoms with van der Waals surface area (Å²) in [5, 5.41) is 13.1. The molecule has 0 amide bonds. The Kier molecular flexibility index (Phi) is 3.40. The number of nitrogens with zero attached hydrogens (tertiary/aromatic N) is 4. The first-order chi connectivity index (χ1) is 9.36. The molecule has 1 aliphatic rings. The van der Waals surface area contributed by atoms with E-state index in [0.29, 0.717) is 5.56 Å². The zero-order valence-corrected chi connectivity index (χ0v) is 11.2. The minimum absolute atomic E-state index is 0.654. The van der Waals surface area contributed by atoms with E-state index < -0.39 is 0 Å². The van der Waals surface area contributed by atoms with Gasteiger partial charge in [-0.1, -0.05) is 0 Å². The van der Waals surface area contributed by atoms with Gasteiger partial charge in [-0.2, -0.15) is 14.6 Å². The lowest BCUT2D eigenvalue weighted by Crippen LogP contribution is -2.43. The first-order valence-corrected chi connectivity index (χ1v) is 6.94. The van der Waals surface area contributed by atoms with Crippen LogP contribution in [0.5, 0.6) is 0 Å². The molecule has 0 atom stereocenters. The van der Waals surface area contributed by atoms with E-state index >= 15 is 0 Å². The molecule has 0 aliphatic carbocycles. The van der Waals surface area contributed by atoms with Crippen molar-refractivity contribution in [1.29, 1.82) is 5.26 Å². The number of hydrogen-bond acceptors (Lipinski definition) is 6. The van der Waals surface area contributed by atoms with Crippen molar-refractivity contribution < 1.29 is 0 Å². The summed E-state index contributed by atoms with van der Waals surface area (Å²) in [6.07, 6.45) is 0. The van der Waals surface area contributed by atoms with Crippen molar-refractivity contribution >= 4 is 16.7 Å². The van der Waals surface area contributed by atoms with Crippen molar-refractivity contribution in [2.24, 2.45) is 0 Å². The Balaban J connectivity index is 1.81. The van der Waals surface area contributed by atoms with Gasteiger partial charge in [-0.05, 0) is 24.3 Å². The third-order valence-corrected chi connectivity index (χ3v) is 3.85. The molecule has 5 nitrogen and oxygen atoms in total. The van der Waals surface area contributed by atoms with Gasteiger partial charge < -0.3 is 10.2 Å². The van der Waals surface area contributed by atoms with Gasteiger partial charge >= 0.3 is 0 Å². The molecule has 1 N–H and O–H groups in total. The molecule has 1 aliphatic heterocycles. The highest BCUT2D eigenvalue weighted by molar-refractivity contribution is 7.09. The van der Waals surface area contributed by atoms with Crippen molar-refractivity contribution in [3.63, 3.8) is 0 Å². The lowest BCUT2D eigenvalue weighted by atomic mass is 10.1. The van der Waals surface area contributed by atoms with Crippen LogP contribution in [0.4, 0.5) is 5.13 Å². The molecule has 1 aromatic carbocycles. The standard InChI is InChI=1S/C13H13N5S/c14-9-10-1-3-11(4-2-10)12-16-13(19-17-12)18-7-5-15-6-8-18/h1-4,15H,5-8H2. The lowest BCUT2D eigenvalue weighted by Gasteiger charge is -2.26. The number of nitriles is 1. The monoisotopic (exact) mass is 271 g/mol. The number of hydrogen-bond donors (Lipinski definition) is 1. The van der Waals surface area contributed by atoms with Crippen LogP contribution in [-0.4, -0.2) is 35.5 Å². The average Bonchev–Trinajstić information content (AvgIpc) is 2.98. The van der Waals surface area contributed by atoms with Crippen LogP contribution in [0.3, 0.4) is 0 Å². The highest BCUT2D eigenvalue weighted by Gasteiger charge is 2.15. The summed E-state index contributed by atoms with van der Waals surface area (Å²) in [7, 11) is 0. The Morgan fingerprint density at radius 3 is 2.63 bits per heavy atom. The van der Waals surface area contributed by atoms with E-state index in [0.717, 1.165) is 42.7 Å². The topological polar surface area (TPSA) is 64.8 Å².